The fourth-order valence-corrected chi connectivity index (χ4v) is 2.28. The second-order valence-corrected chi connectivity index (χ2v) is 4.48. The van der Waals surface area contributed by atoms with Crippen molar-refractivity contribution in [2.45, 2.75) is 31.6 Å². The van der Waals surface area contributed by atoms with Gasteiger partial charge in [0.1, 0.15) is 0 Å². The number of rotatable bonds is 2. The summed E-state index contributed by atoms with van der Waals surface area (Å²) in [5.74, 6) is -2.21. The molecular weight excluding hydrogens is 202 g/mol. The third-order valence-electron chi connectivity index (χ3n) is 3.26. The lowest BCUT2D eigenvalue weighted by Crippen LogP contribution is -2.36. The number of urea groups is 1. The Morgan fingerprint density at radius 1 is 1.40 bits per heavy atom. The Balaban J connectivity index is 1.79. The lowest BCUT2D eigenvalue weighted by molar-refractivity contribution is -0.0473. The zero-order valence-electron chi connectivity index (χ0n) is 8.64. The molecule has 15 heavy (non-hydrogen) atoms. The van der Waals surface area contributed by atoms with Crippen molar-refractivity contribution in [3.63, 3.8) is 0 Å². The maximum Gasteiger partial charge on any atom is 0.317 e. The SMILES string of the molecule is O=C1NCCN1CC1CCC(F)(F)CC1. The largest absolute Gasteiger partial charge is 0.336 e. The van der Waals surface area contributed by atoms with Crippen LogP contribution < -0.4 is 5.32 Å². The van der Waals surface area contributed by atoms with Crippen molar-refractivity contribution in [2.24, 2.45) is 5.92 Å². The highest BCUT2D eigenvalue weighted by Gasteiger charge is 2.36. The molecule has 0 bridgehead atoms. The lowest BCUT2D eigenvalue weighted by Gasteiger charge is -2.30. The molecule has 1 aliphatic heterocycles. The van der Waals surface area contributed by atoms with Crippen molar-refractivity contribution >= 4 is 6.03 Å². The Morgan fingerprint density at radius 2 is 2.07 bits per heavy atom. The molecule has 1 heterocycles. The van der Waals surface area contributed by atoms with Crippen molar-refractivity contribution in [1.82, 2.24) is 10.2 Å². The summed E-state index contributed by atoms with van der Waals surface area (Å²) in [6.45, 7) is 2.04. The molecule has 2 amide bonds. The Hall–Kier alpha value is -0.870. The Labute approximate surface area is 87.8 Å². The smallest absolute Gasteiger partial charge is 0.317 e. The van der Waals surface area contributed by atoms with E-state index < -0.39 is 5.92 Å². The van der Waals surface area contributed by atoms with Gasteiger partial charge in [-0.3, -0.25) is 0 Å². The van der Waals surface area contributed by atoms with E-state index in [1.165, 1.54) is 0 Å². The number of hydrogen-bond donors (Lipinski definition) is 1. The molecular formula is C10H16F2N2O. The van der Waals surface area contributed by atoms with Crippen LogP contribution in [0.5, 0.6) is 0 Å². The first-order chi connectivity index (χ1) is 7.07. The van der Waals surface area contributed by atoms with E-state index in [2.05, 4.69) is 5.32 Å². The van der Waals surface area contributed by atoms with Crippen molar-refractivity contribution < 1.29 is 13.6 Å². The van der Waals surface area contributed by atoms with Gasteiger partial charge in [-0.05, 0) is 18.8 Å². The molecule has 3 nitrogen and oxygen atoms in total. The molecule has 1 aliphatic carbocycles. The van der Waals surface area contributed by atoms with Crippen LogP contribution in [-0.2, 0) is 0 Å². The molecule has 0 aromatic rings. The van der Waals surface area contributed by atoms with Gasteiger partial charge in [0.2, 0.25) is 5.92 Å². The number of halogens is 2. The molecule has 0 aromatic carbocycles. The summed E-state index contributed by atoms with van der Waals surface area (Å²) in [6, 6.07) is -0.0488. The highest BCUT2D eigenvalue weighted by Crippen LogP contribution is 2.36. The number of hydrogen-bond acceptors (Lipinski definition) is 1. The lowest BCUT2D eigenvalue weighted by atomic mass is 9.86. The van der Waals surface area contributed by atoms with Crippen LogP contribution in [0.15, 0.2) is 0 Å². The van der Waals surface area contributed by atoms with E-state index in [9.17, 15) is 13.6 Å². The molecule has 2 fully saturated rings. The minimum absolute atomic E-state index is 0.0207. The van der Waals surface area contributed by atoms with Gasteiger partial charge in [-0.1, -0.05) is 0 Å². The molecule has 0 aromatic heterocycles. The van der Waals surface area contributed by atoms with Crippen LogP contribution in [0.3, 0.4) is 0 Å². The average Bonchev–Trinajstić information content (AvgIpc) is 2.56. The average molecular weight is 218 g/mol. The molecule has 5 heteroatoms. The Kier molecular flexibility index (Phi) is 2.80. The van der Waals surface area contributed by atoms with Gasteiger partial charge in [-0.25, -0.2) is 13.6 Å². The number of nitrogens with zero attached hydrogens (tertiary/aromatic N) is 1. The second-order valence-electron chi connectivity index (χ2n) is 4.48. The van der Waals surface area contributed by atoms with Crippen LogP contribution in [0.4, 0.5) is 13.6 Å². The normalized spacial score (nSPS) is 26.8. The van der Waals surface area contributed by atoms with E-state index in [-0.39, 0.29) is 24.8 Å². The number of amides is 2. The molecule has 1 saturated heterocycles. The topological polar surface area (TPSA) is 32.3 Å². The van der Waals surface area contributed by atoms with Gasteiger partial charge in [0.05, 0.1) is 0 Å². The predicted octanol–water partition coefficient (Wildman–Crippen LogP) is 1.84. The molecule has 86 valence electrons. The first kappa shape index (κ1) is 10.6. The van der Waals surface area contributed by atoms with Gasteiger partial charge in [0, 0.05) is 32.5 Å². The Morgan fingerprint density at radius 3 is 2.60 bits per heavy atom. The van der Waals surface area contributed by atoms with E-state index in [1.807, 2.05) is 0 Å². The van der Waals surface area contributed by atoms with E-state index in [4.69, 9.17) is 0 Å². The Bertz CT molecular complexity index is 248. The van der Waals surface area contributed by atoms with Crippen LogP contribution in [-0.4, -0.2) is 36.5 Å². The monoisotopic (exact) mass is 218 g/mol. The van der Waals surface area contributed by atoms with Gasteiger partial charge >= 0.3 is 6.03 Å². The van der Waals surface area contributed by atoms with Gasteiger partial charge in [-0.15, -0.1) is 0 Å². The van der Waals surface area contributed by atoms with E-state index in [0.29, 0.717) is 32.5 Å². The van der Waals surface area contributed by atoms with E-state index in [1.54, 1.807) is 4.90 Å². The van der Waals surface area contributed by atoms with Crippen LogP contribution in [0.2, 0.25) is 0 Å². The number of carbonyl (C=O) groups is 1. The molecule has 0 unspecified atom stereocenters. The molecule has 0 radical (unpaired) electrons. The maximum atomic E-state index is 12.9. The second kappa shape index (κ2) is 3.94. The van der Waals surface area contributed by atoms with Crippen molar-refractivity contribution in [1.29, 1.82) is 0 Å². The van der Waals surface area contributed by atoms with Crippen LogP contribution in [0, 0.1) is 5.92 Å². The first-order valence-corrected chi connectivity index (χ1v) is 5.47. The van der Waals surface area contributed by atoms with Crippen LogP contribution in [0.25, 0.3) is 0 Å². The van der Waals surface area contributed by atoms with Gasteiger partial charge in [0.25, 0.3) is 0 Å². The molecule has 0 spiro atoms. The number of carbonyl (C=O) groups excluding carboxylic acids is 1. The highest BCUT2D eigenvalue weighted by atomic mass is 19.3. The minimum atomic E-state index is -2.47. The third-order valence-corrected chi connectivity index (χ3v) is 3.26. The minimum Gasteiger partial charge on any atom is -0.336 e. The summed E-state index contributed by atoms with van der Waals surface area (Å²) in [7, 11) is 0. The van der Waals surface area contributed by atoms with Crippen molar-refractivity contribution in [2.75, 3.05) is 19.6 Å². The highest BCUT2D eigenvalue weighted by molar-refractivity contribution is 5.76. The van der Waals surface area contributed by atoms with Crippen LogP contribution in [0.1, 0.15) is 25.7 Å². The zero-order valence-corrected chi connectivity index (χ0v) is 8.64. The van der Waals surface area contributed by atoms with Gasteiger partial charge in [0.15, 0.2) is 0 Å². The van der Waals surface area contributed by atoms with Crippen molar-refractivity contribution in [3.05, 3.63) is 0 Å². The maximum absolute atomic E-state index is 12.9. The van der Waals surface area contributed by atoms with E-state index >= 15 is 0 Å². The number of nitrogens with one attached hydrogen (secondary N) is 1. The fourth-order valence-electron chi connectivity index (χ4n) is 2.28. The molecule has 2 rings (SSSR count). The molecule has 0 atom stereocenters. The summed E-state index contributed by atoms with van der Waals surface area (Å²) in [6.07, 6.45) is 1.04. The molecule has 2 aliphatic rings. The third kappa shape index (κ3) is 2.58. The summed E-state index contributed by atoms with van der Waals surface area (Å²) >= 11 is 0. The number of alkyl halides is 2. The van der Waals surface area contributed by atoms with Gasteiger partial charge in [-0.2, -0.15) is 0 Å². The summed E-state index contributed by atoms with van der Waals surface area (Å²) in [4.78, 5) is 13.0. The quantitative estimate of drug-likeness (QED) is 0.753. The van der Waals surface area contributed by atoms with Gasteiger partial charge < -0.3 is 10.2 Å². The summed E-state index contributed by atoms with van der Waals surface area (Å²) in [5, 5.41) is 2.71. The standard InChI is InChI=1S/C10H16F2N2O/c11-10(12)3-1-8(2-4-10)7-14-6-5-13-9(14)15/h8H,1-7H2,(H,13,15). The zero-order chi connectivity index (χ0) is 10.9. The van der Waals surface area contributed by atoms with E-state index in [0.717, 1.165) is 0 Å². The first-order valence-electron chi connectivity index (χ1n) is 5.47. The molecule has 1 N–H and O–H groups in total. The predicted molar refractivity (Wildman–Crippen MR) is 51.9 cm³/mol. The fraction of sp³-hybridized carbons (Fsp3) is 0.900. The van der Waals surface area contributed by atoms with Crippen molar-refractivity contribution in [3.8, 4) is 0 Å². The summed E-state index contributed by atoms with van der Waals surface area (Å²) in [5.41, 5.74) is 0. The summed E-state index contributed by atoms with van der Waals surface area (Å²) < 4.78 is 25.8. The van der Waals surface area contributed by atoms with Crippen LogP contribution >= 0.6 is 0 Å². The molecule has 1 saturated carbocycles.